The third-order valence-corrected chi connectivity index (χ3v) is 7.03. The number of allylic oxidation sites excluding steroid dienone is 2. The van der Waals surface area contributed by atoms with E-state index in [1.807, 2.05) is 19.9 Å². The van der Waals surface area contributed by atoms with Crippen molar-refractivity contribution >= 4 is 29.7 Å². The molecule has 0 bridgehead atoms. The number of phenols is 1. The fraction of sp³-hybridized carbons (Fsp3) is 0.581. The summed E-state index contributed by atoms with van der Waals surface area (Å²) in [7, 11) is 0. The summed E-state index contributed by atoms with van der Waals surface area (Å²) in [5.41, 5.74) is 2.64. The Labute approximate surface area is 310 Å². The van der Waals surface area contributed by atoms with Crippen molar-refractivity contribution in [1.82, 2.24) is 0 Å². The van der Waals surface area contributed by atoms with Gasteiger partial charge in [-0.05, 0) is 51.0 Å². The molecule has 1 heterocycles. The summed E-state index contributed by atoms with van der Waals surface area (Å²) >= 11 is 0. The van der Waals surface area contributed by atoms with E-state index in [2.05, 4.69) is 0 Å². The first-order chi connectivity index (χ1) is 25.7. The number of aliphatic hydroxyl groups excluding tert-OH is 1. The fourth-order valence-electron chi connectivity index (χ4n) is 4.32. The van der Waals surface area contributed by atoms with Gasteiger partial charge in [0.1, 0.15) is 44.1 Å². The Kier molecular flexibility index (Phi) is 20.0. The first kappa shape index (κ1) is 46.9. The fourth-order valence-corrected chi connectivity index (χ4v) is 4.32. The van der Waals surface area contributed by atoms with Gasteiger partial charge in [0.05, 0.1) is 0 Å². The highest BCUT2D eigenvalue weighted by atomic mass is 16.7. The van der Waals surface area contributed by atoms with Crippen LogP contribution in [0, 0.1) is 40.5 Å². The topological polar surface area (TPSA) is 345 Å². The van der Waals surface area contributed by atoms with Crippen molar-refractivity contribution in [3.05, 3.63) is 81.4 Å². The van der Waals surface area contributed by atoms with Gasteiger partial charge >= 0.3 is 23.9 Å². The van der Waals surface area contributed by atoms with E-state index in [0.29, 0.717) is 12.0 Å². The molecule has 304 valence electrons. The maximum Gasteiger partial charge on any atom is 0.313 e. The number of benzene rings is 1. The molecular weight excluding hydrogens is 748 g/mol. The predicted octanol–water partition coefficient (Wildman–Crippen LogP) is 0.753. The monoisotopic (exact) mass is 788 g/mol. The van der Waals surface area contributed by atoms with Gasteiger partial charge in [-0.1, -0.05) is 11.6 Å². The first-order valence-electron chi connectivity index (χ1n) is 16.2. The van der Waals surface area contributed by atoms with Gasteiger partial charge in [-0.15, -0.1) is 0 Å². The number of phenolic OH excluding ortho intramolecular Hbond substituents is 1. The molecule has 0 amide bonds. The van der Waals surface area contributed by atoms with E-state index in [9.17, 15) is 74.6 Å². The quantitative estimate of drug-likeness (QED) is 0.0459. The number of Topliss-reactive ketones (excluding diaryl/α,β-unsaturated/α-hetero) is 1. The van der Waals surface area contributed by atoms with Gasteiger partial charge in [-0.2, -0.15) is 0 Å². The van der Waals surface area contributed by atoms with Crippen LogP contribution in [0.15, 0.2) is 29.8 Å². The number of carbonyl (C=O) groups is 5. The van der Waals surface area contributed by atoms with Crippen LogP contribution in [0.5, 0.6) is 5.75 Å². The van der Waals surface area contributed by atoms with Crippen molar-refractivity contribution in [2.45, 2.75) is 83.6 Å². The Balaban J connectivity index is 0.000000836. The van der Waals surface area contributed by atoms with E-state index in [-0.39, 0.29) is 11.5 Å². The second-order valence-electron chi connectivity index (χ2n) is 11.7. The van der Waals surface area contributed by atoms with E-state index in [0.717, 1.165) is 5.56 Å². The van der Waals surface area contributed by atoms with Gasteiger partial charge in [-0.25, -0.2) is 0 Å². The lowest BCUT2D eigenvalue weighted by Crippen LogP contribution is -2.62. The van der Waals surface area contributed by atoms with Crippen LogP contribution in [0.1, 0.15) is 62.4 Å². The van der Waals surface area contributed by atoms with Crippen molar-refractivity contribution in [1.29, 1.82) is 0 Å². The van der Waals surface area contributed by atoms with Gasteiger partial charge in [0.15, 0.2) is 30.4 Å². The zero-order chi connectivity index (χ0) is 41.8. The molecule has 0 spiro atoms. The molecule has 0 radical (unpaired) electrons. The molecule has 2 rings (SSSR count). The number of nitro groups is 4. The predicted molar refractivity (Wildman–Crippen MR) is 179 cm³/mol. The molecule has 2 N–H and O–H groups in total. The summed E-state index contributed by atoms with van der Waals surface area (Å²) in [6.45, 7) is 1.08. The summed E-state index contributed by atoms with van der Waals surface area (Å²) < 4.78 is 25.1. The molecule has 1 fully saturated rings. The number of aromatic hydroxyl groups is 1. The number of ether oxygens (including phenoxy) is 5. The lowest BCUT2D eigenvalue weighted by molar-refractivity contribution is -0.479. The Bertz CT molecular complexity index is 1610. The van der Waals surface area contributed by atoms with Crippen LogP contribution in [-0.4, -0.2) is 123 Å². The van der Waals surface area contributed by atoms with Crippen molar-refractivity contribution in [2.24, 2.45) is 0 Å². The van der Waals surface area contributed by atoms with Gasteiger partial charge in [-0.3, -0.25) is 64.4 Å². The molecule has 24 heteroatoms. The third kappa shape index (κ3) is 18.9. The van der Waals surface area contributed by atoms with Crippen molar-refractivity contribution in [3.63, 3.8) is 0 Å². The van der Waals surface area contributed by atoms with Crippen LogP contribution in [-0.2, 0) is 49.3 Å². The molecule has 5 unspecified atom stereocenters. The van der Waals surface area contributed by atoms with E-state index in [1.165, 1.54) is 12.5 Å². The zero-order valence-electron chi connectivity index (χ0n) is 29.8. The molecule has 55 heavy (non-hydrogen) atoms. The maximum atomic E-state index is 12.3. The molecule has 0 aromatic heterocycles. The Morgan fingerprint density at radius 3 is 1.58 bits per heavy atom. The standard InChI is InChI=1S/C18H24N4O18.C13H16O2/c23-11(1-5-19(28)29)36-9-10-15(38-12(24)2-6-20(30)31)16(39-13(25)3-7-21(32)33)17(18(27)37-10)40-14(26)4-8-22(34)35;1-9(2)4-5-12-8-11(10(3)14)6-7-13(12)15/h10,15-18,27H,1-9H2;4,6-8,15H,5H2,1-3H3. The highest BCUT2D eigenvalue weighted by Crippen LogP contribution is 2.29. The number of carbonyl (C=O) groups excluding carboxylic acids is 5. The minimum absolute atomic E-state index is 0.0217. The van der Waals surface area contributed by atoms with Crippen LogP contribution >= 0.6 is 0 Å². The number of ketones is 1. The highest BCUT2D eigenvalue weighted by Gasteiger charge is 2.52. The van der Waals surface area contributed by atoms with E-state index < -0.39 is 133 Å². The highest BCUT2D eigenvalue weighted by molar-refractivity contribution is 5.94. The molecule has 0 aliphatic carbocycles. The average molecular weight is 789 g/mol. The lowest BCUT2D eigenvalue weighted by Gasteiger charge is -2.42. The summed E-state index contributed by atoms with van der Waals surface area (Å²) in [6, 6.07) is 4.96. The lowest BCUT2D eigenvalue weighted by atomic mass is 9.98. The number of esters is 4. The Morgan fingerprint density at radius 1 is 0.709 bits per heavy atom. The van der Waals surface area contributed by atoms with Gasteiger partial charge in [0, 0.05) is 25.3 Å². The molecule has 0 saturated carbocycles. The summed E-state index contributed by atoms with van der Waals surface area (Å²) in [5.74, 6) is -4.79. The van der Waals surface area contributed by atoms with Crippen molar-refractivity contribution in [2.75, 3.05) is 32.8 Å². The number of hydrogen-bond donors (Lipinski definition) is 2. The van der Waals surface area contributed by atoms with Crippen molar-refractivity contribution in [3.8, 4) is 5.75 Å². The van der Waals surface area contributed by atoms with Crippen LogP contribution in [0.3, 0.4) is 0 Å². The van der Waals surface area contributed by atoms with Crippen LogP contribution in [0.4, 0.5) is 0 Å². The number of rotatable bonds is 20. The molecule has 24 nitrogen and oxygen atoms in total. The molecule has 5 atom stereocenters. The number of hydrogen-bond acceptors (Lipinski definition) is 20. The zero-order valence-corrected chi connectivity index (χ0v) is 29.8. The molecule has 1 aromatic carbocycles. The maximum absolute atomic E-state index is 12.3. The molecule has 1 aliphatic heterocycles. The largest absolute Gasteiger partial charge is 0.508 e. The Morgan fingerprint density at radius 2 is 1.15 bits per heavy atom. The average Bonchev–Trinajstić information content (AvgIpc) is 3.09. The Hall–Kier alpha value is -6.17. The normalized spacial score (nSPS) is 18.6. The van der Waals surface area contributed by atoms with Crippen LogP contribution in [0.25, 0.3) is 0 Å². The minimum Gasteiger partial charge on any atom is -0.508 e. The SMILES string of the molecule is CC(=O)c1ccc(O)c(CC=C(C)C)c1.O=C(CC[N+](=O)[O-])OCC1OC(O)C(OC(=O)CC[N+](=O)[O-])C(OC(=O)CC[N+](=O)[O-])C1OC(=O)CC[N+](=O)[O-]. The van der Waals surface area contributed by atoms with E-state index >= 15 is 0 Å². The van der Waals surface area contributed by atoms with Gasteiger partial charge < -0.3 is 33.9 Å². The van der Waals surface area contributed by atoms with E-state index in [4.69, 9.17) is 23.7 Å². The number of aliphatic hydroxyl groups is 1. The van der Waals surface area contributed by atoms with Crippen molar-refractivity contribution < 1.29 is 77.6 Å². The summed E-state index contributed by atoms with van der Waals surface area (Å²) in [4.78, 5) is 98.4. The second kappa shape index (κ2) is 23.5. The van der Waals surface area contributed by atoms with Gasteiger partial charge in [0.25, 0.3) is 0 Å². The van der Waals surface area contributed by atoms with Crippen LogP contribution in [0.2, 0.25) is 0 Å². The second-order valence-corrected chi connectivity index (χ2v) is 11.7. The van der Waals surface area contributed by atoms with Crippen LogP contribution < -0.4 is 0 Å². The molecule has 1 saturated heterocycles. The molecule has 1 aliphatic rings. The molecular formula is C31H40N4O20. The minimum atomic E-state index is -2.22. The molecule has 1 aromatic rings. The third-order valence-electron chi connectivity index (χ3n) is 7.03. The van der Waals surface area contributed by atoms with Gasteiger partial charge in [0.2, 0.25) is 26.2 Å². The summed E-state index contributed by atoms with van der Waals surface area (Å²) in [6.07, 6.45) is -10.5. The number of nitrogens with zero attached hydrogens (tertiary/aromatic N) is 4. The van der Waals surface area contributed by atoms with E-state index in [1.54, 1.807) is 18.2 Å². The summed E-state index contributed by atoms with van der Waals surface area (Å²) in [5, 5.41) is 62.3. The smallest absolute Gasteiger partial charge is 0.313 e. The first-order valence-corrected chi connectivity index (χ1v) is 16.2.